The molecule has 9 nitrogen and oxygen atoms in total. The number of carbonyl (C=O) groups is 1. The van der Waals surface area contributed by atoms with Gasteiger partial charge < -0.3 is 15.7 Å². The lowest BCUT2D eigenvalue weighted by Crippen LogP contribution is -2.15. The molecule has 3 aromatic rings. The number of likely N-dealkylation sites (N-methyl/N-ethyl adjacent to an activating group) is 1. The Morgan fingerprint density at radius 2 is 2.33 bits per heavy atom. The molecule has 11 heteroatoms. The van der Waals surface area contributed by atoms with E-state index < -0.39 is 0 Å². The number of aromatic nitrogens is 3. The fourth-order valence-electron chi connectivity index (χ4n) is 2.87. The van der Waals surface area contributed by atoms with Gasteiger partial charge in [0, 0.05) is 44.8 Å². The number of carbonyl (C=O) groups excluding carboxylic acids is 1. The summed E-state index contributed by atoms with van der Waals surface area (Å²) in [6.45, 7) is 0.581. The molecule has 0 saturated heterocycles. The zero-order chi connectivity index (χ0) is 21.7. The average Bonchev–Trinajstić information content (AvgIpc) is 3.40. The first kappa shape index (κ1) is 21.4. The number of nitrogens with one attached hydrogen (secondary N) is 1. The number of thiazole rings is 2. The van der Waals surface area contributed by atoms with E-state index in [-0.39, 0.29) is 0 Å². The molecule has 0 unspecified atom stereocenters. The second-order valence-electron chi connectivity index (χ2n) is 6.41. The minimum absolute atomic E-state index is 0.362. The van der Waals surface area contributed by atoms with Gasteiger partial charge >= 0.3 is 0 Å². The highest BCUT2D eigenvalue weighted by atomic mass is 32.1. The summed E-state index contributed by atoms with van der Waals surface area (Å²) in [4.78, 5) is 21.1. The van der Waals surface area contributed by atoms with Crippen LogP contribution in [0.4, 0.5) is 0 Å². The van der Waals surface area contributed by atoms with Crippen molar-refractivity contribution in [3.05, 3.63) is 44.6 Å². The van der Waals surface area contributed by atoms with Crippen LogP contribution < -0.4 is 5.73 Å². The van der Waals surface area contributed by atoms with Crippen molar-refractivity contribution in [3.8, 4) is 6.07 Å². The minimum Gasteiger partial charge on any atom is -0.405 e. The second-order valence-corrected chi connectivity index (χ2v) is 8.35. The molecule has 0 aliphatic heterocycles. The van der Waals surface area contributed by atoms with Crippen molar-refractivity contribution in [3.63, 3.8) is 0 Å². The Kier molecular flexibility index (Phi) is 6.71. The van der Waals surface area contributed by atoms with Gasteiger partial charge in [0.1, 0.15) is 16.0 Å². The summed E-state index contributed by atoms with van der Waals surface area (Å²) in [5.74, 6) is 0. The van der Waals surface area contributed by atoms with Crippen molar-refractivity contribution in [2.45, 2.75) is 12.8 Å². The molecular formula is C19H20N8OS2. The van der Waals surface area contributed by atoms with Crippen molar-refractivity contribution < 1.29 is 4.79 Å². The maximum atomic E-state index is 11.6. The highest BCUT2D eigenvalue weighted by Crippen LogP contribution is 2.29. The smallest absolute Gasteiger partial charge is 0.167 e. The van der Waals surface area contributed by atoms with E-state index in [2.05, 4.69) is 21.1 Å². The van der Waals surface area contributed by atoms with Gasteiger partial charge in [0.2, 0.25) is 0 Å². The van der Waals surface area contributed by atoms with Crippen molar-refractivity contribution in [1.82, 2.24) is 19.5 Å². The van der Waals surface area contributed by atoms with Gasteiger partial charge in [-0.25, -0.2) is 9.97 Å². The number of nitriles is 1. The van der Waals surface area contributed by atoms with Crippen LogP contribution >= 0.6 is 22.7 Å². The van der Waals surface area contributed by atoms with E-state index in [4.69, 9.17) is 16.4 Å². The summed E-state index contributed by atoms with van der Waals surface area (Å²) < 4.78 is 2.59. The fourth-order valence-corrected chi connectivity index (χ4v) is 4.64. The molecule has 0 aliphatic carbocycles. The SMILES string of the molecule is CN(CCc1ncsc1C#N)/N=C\c1c(C=O)n(C)c2nc(CC(=N)/C=C\N)sc12. The minimum atomic E-state index is 0.362. The Labute approximate surface area is 181 Å². The number of rotatable bonds is 9. The standard InChI is InChI=1S/C19H20N8OS2/c1-26(6-4-14-16(8-21)29-11-23-14)24-9-13-15(10-28)27(2)19-18(13)30-17(25-19)7-12(22)3-5-20/h3,5,9-11,22H,4,6-7,20H2,1-2H3/b5-3-,22-12?,24-9-. The van der Waals surface area contributed by atoms with Crippen LogP contribution in [0.3, 0.4) is 0 Å². The molecule has 154 valence electrons. The molecule has 3 rings (SSSR count). The van der Waals surface area contributed by atoms with Gasteiger partial charge in [-0.3, -0.25) is 9.80 Å². The van der Waals surface area contributed by atoms with Crippen LogP contribution in [-0.2, 0) is 19.9 Å². The zero-order valence-corrected chi connectivity index (χ0v) is 18.1. The van der Waals surface area contributed by atoms with Crippen LogP contribution in [0.2, 0.25) is 0 Å². The van der Waals surface area contributed by atoms with Crippen LogP contribution in [0, 0.1) is 16.7 Å². The largest absolute Gasteiger partial charge is 0.405 e. The number of fused-ring (bicyclic) bond motifs is 1. The Hall–Kier alpha value is -3.36. The number of aryl methyl sites for hydroxylation is 1. The molecule has 3 heterocycles. The molecule has 0 radical (unpaired) electrons. The monoisotopic (exact) mass is 440 g/mol. The molecule has 0 aromatic carbocycles. The van der Waals surface area contributed by atoms with Gasteiger partial charge in [0.25, 0.3) is 0 Å². The maximum Gasteiger partial charge on any atom is 0.167 e. The predicted octanol–water partition coefficient (Wildman–Crippen LogP) is 2.32. The Morgan fingerprint density at radius 3 is 3.03 bits per heavy atom. The zero-order valence-electron chi connectivity index (χ0n) is 16.5. The van der Waals surface area contributed by atoms with E-state index in [0.717, 1.165) is 21.7 Å². The summed E-state index contributed by atoms with van der Waals surface area (Å²) in [6.07, 6.45) is 6.29. The highest BCUT2D eigenvalue weighted by molar-refractivity contribution is 7.19. The third-order valence-corrected chi connectivity index (χ3v) is 6.25. The first-order chi connectivity index (χ1) is 14.5. The summed E-state index contributed by atoms with van der Waals surface area (Å²) in [5.41, 5.74) is 10.0. The molecule has 0 amide bonds. The molecule has 0 atom stereocenters. The number of hydrogen-bond acceptors (Lipinski definition) is 10. The Balaban J connectivity index is 1.81. The number of hydrazone groups is 1. The average molecular weight is 441 g/mol. The first-order valence-corrected chi connectivity index (χ1v) is 10.6. The van der Waals surface area contributed by atoms with Crippen LogP contribution in [0.15, 0.2) is 22.9 Å². The third kappa shape index (κ3) is 4.45. The van der Waals surface area contributed by atoms with Gasteiger partial charge in [-0.1, -0.05) is 0 Å². The summed E-state index contributed by atoms with van der Waals surface area (Å²) in [6, 6.07) is 2.14. The van der Waals surface area contributed by atoms with Crippen molar-refractivity contribution in [2.75, 3.05) is 13.6 Å². The normalized spacial score (nSPS) is 11.5. The van der Waals surface area contributed by atoms with E-state index in [1.54, 1.807) is 28.3 Å². The lowest BCUT2D eigenvalue weighted by Gasteiger charge is -2.11. The first-order valence-electron chi connectivity index (χ1n) is 8.95. The number of allylic oxidation sites excluding steroid dienone is 1. The van der Waals surface area contributed by atoms with Crippen molar-refractivity contribution in [1.29, 1.82) is 10.7 Å². The number of aldehydes is 1. The molecule has 0 aliphatic rings. The summed E-state index contributed by atoms with van der Waals surface area (Å²) in [5, 5.41) is 24.0. The Morgan fingerprint density at radius 1 is 1.53 bits per heavy atom. The van der Waals surface area contributed by atoms with Crippen molar-refractivity contribution >= 4 is 51.2 Å². The van der Waals surface area contributed by atoms with Gasteiger partial charge in [-0.15, -0.1) is 22.7 Å². The summed E-state index contributed by atoms with van der Waals surface area (Å²) in [7, 11) is 3.61. The van der Waals surface area contributed by atoms with Gasteiger partial charge in [-0.2, -0.15) is 10.4 Å². The molecule has 0 fully saturated rings. The molecular weight excluding hydrogens is 420 g/mol. The van der Waals surface area contributed by atoms with Gasteiger partial charge in [0.15, 0.2) is 11.9 Å². The highest BCUT2D eigenvalue weighted by Gasteiger charge is 2.18. The van der Waals surface area contributed by atoms with E-state index >= 15 is 0 Å². The molecule has 30 heavy (non-hydrogen) atoms. The lowest BCUT2D eigenvalue weighted by molar-refractivity contribution is 0.111. The van der Waals surface area contributed by atoms with Gasteiger partial charge in [-0.05, 0) is 12.3 Å². The predicted molar refractivity (Wildman–Crippen MR) is 119 cm³/mol. The molecule has 0 saturated carbocycles. The van der Waals surface area contributed by atoms with Crippen LogP contribution in [-0.4, -0.2) is 51.3 Å². The third-order valence-electron chi connectivity index (χ3n) is 4.40. The van der Waals surface area contributed by atoms with E-state index in [9.17, 15) is 4.79 Å². The molecule has 0 spiro atoms. The number of nitrogens with zero attached hydrogens (tertiary/aromatic N) is 6. The second kappa shape index (κ2) is 9.43. The summed E-state index contributed by atoms with van der Waals surface area (Å²) >= 11 is 2.76. The quantitative estimate of drug-likeness (QED) is 0.298. The lowest BCUT2D eigenvalue weighted by atomic mass is 10.2. The number of nitrogens with two attached hydrogens (primary N) is 1. The molecule has 3 N–H and O–H groups in total. The Bertz CT molecular complexity index is 1180. The topological polar surface area (TPSA) is 137 Å². The molecule has 3 aromatic heterocycles. The maximum absolute atomic E-state index is 11.6. The molecule has 0 bridgehead atoms. The van der Waals surface area contributed by atoms with E-state index in [1.807, 2.05) is 7.05 Å². The van der Waals surface area contributed by atoms with E-state index in [1.165, 1.54) is 34.9 Å². The van der Waals surface area contributed by atoms with Crippen LogP contribution in [0.1, 0.15) is 31.6 Å². The fraction of sp³-hybridized carbons (Fsp3) is 0.263. The van der Waals surface area contributed by atoms with E-state index in [0.29, 0.717) is 46.9 Å². The number of hydrogen-bond donors (Lipinski definition) is 2. The van der Waals surface area contributed by atoms with Gasteiger partial charge in [0.05, 0.1) is 27.8 Å². The van der Waals surface area contributed by atoms with Crippen LogP contribution in [0.25, 0.3) is 10.3 Å². The van der Waals surface area contributed by atoms with Crippen LogP contribution in [0.5, 0.6) is 0 Å². The van der Waals surface area contributed by atoms with Crippen molar-refractivity contribution in [2.24, 2.45) is 17.9 Å².